The third-order valence-corrected chi connectivity index (χ3v) is 5.75. The molecule has 0 aliphatic carbocycles. The molecule has 0 bridgehead atoms. The van der Waals surface area contributed by atoms with Crippen LogP contribution in [0.5, 0.6) is 0 Å². The zero-order chi connectivity index (χ0) is 22.4. The minimum atomic E-state index is -0.529. The molecule has 0 spiro atoms. The maximum absolute atomic E-state index is 13.2. The summed E-state index contributed by atoms with van der Waals surface area (Å²) in [4.78, 5) is 31.9. The number of benzene rings is 2. The number of nitrogens with one attached hydrogen (secondary N) is 1. The largest absolute Gasteiger partial charge is 0.329 e. The Morgan fingerprint density at radius 3 is 2.58 bits per heavy atom. The molecule has 2 aromatic carbocycles. The summed E-state index contributed by atoms with van der Waals surface area (Å²) < 4.78 is 0. The molecule has 3 amide bonds. The molecule has 0 radical (unpaired) electrons. The summed E-state index contributed by atoms with van der Waals surface area (Å²) in [7, 11) is 0. The number of urea groups is 1. The van der Waals surface area contributed by atoms with Crippen LogP contribution in [0.4, 0.5) is 9.80 Å². The molecule has 7 heteroatoms. The van der Waals surface area contributed by atoms with Crippen molar-refractivity contribution in [1.82, 2.24) is 10.3 Å². The fourth-order valence-corrected chi connectivity index (χ4v) is 4.39. The van der Waals surface area contributed by atoms with Crippen molar-refractivity contribution >= 4 is 28.3 Å². The normalized spacial score (nSPS) is 10.5. The lowest BCUT2D eigenvalue weighted by Gasteiger charge is -2.22. The fraction of sp³-hybridized carbons (Fsp3) is 0.250. The first-order valence-corrected chi connectivity index (χ1v) is 10.8. The van der Waals surface area contributed by atoms with E-state index in [2.05, 4.69) is 30.2 Å². The van der Waals surface area contributed by atoms with Crippen LogP contribution in [0, 0.1) is 24.2 Å². The first-order chi connectivity index (χ1) is 14.9. The van der Waals surface area contributed by atoms with Crippen LogP contribution in [0.15, 0.2) is 54.6 Å². The van der Waals surface area contributed by atoms with Gasteiger partial charge in [-0.3, -0.25) is 15.0 Å². The minimum Gasteiger partial charge on any atom is -0.279 e. The molecule has 0 atom stereocenters. The summed E-state index contributed by atoms with van der Waals surface area (Å²) in [6, 6.07) is 17.3. The molecule has 0 aliphatic heterocycles. The molecule has 3 rings (SSSR count). The Morgan fingerprint density at radius 1 is 1.16 bits per heavy atom. The zero-order valence-corrected chi connectivity index (χ0v) is 18.6. The Hall–Kier alpha value is -3.50. The van der Waals surface area contributed by atoms with Crippen LogP contribution in [0.2, 0.25) is 0 Å². The Balaban J connectivity index is 1.92. The number of aromatic nitrogens is 1. The minimum absolute atomic E-state index is 0.216. The van der Waals surface area contributed by atoms with E-state index in [0.29, 0.717) is 22.0 Å². The quantitative estimate of drug-likeness (QED) is 0.589. The van der Waals surface area contributed by atoms with E-state index in [-0.39, 0.29) is 6.54 Å². The van der Waals surface area contributed by atoms with Crippen molar-refractivity contribution in [3.05, 3.63) is 82.0 Å². The first-order valence-electron chi connectivity index (χ1n) is 10.0. The number of carbonyl (C=O) groups is 2. The van der Waals surface area contributed by atoms with Gasteiger partial charge < -0.3 is 0 Å². The number of aryl methyl sites for hydroxylation is 1. The highest BCUT2D eigenvalue weighted by atomic mass is 32.1. The van der Waals surface area contributed by atoms with Crippen LogP contribution >= 0.6 is 11.3 Å². The average molecular weight is 433 g/mol. The molecule has 6 nitrogen and oxygen atoms in total. The highest BCUT2D eigenvalue weighted by Crippen LogP contribution is 2.31. The zero-order valence-electron chi connectivity index (χ0n) is 17.8. The summed E-state index contributed by atoms with van der Waals surface area (Å²) in [5.74, 6) is -0.0291. The predicted molar refractivity (Wildman–Crippen MR) is 122 cm³/mol. The smallest absolute Gasteiger partial charge is 0.279 e. The van der Waals surface area contributed by atoms with Crippen molar-refractivity contribution in [2.24, 2.45) is 5.92 Å². The molecule has 3 aromatic rings. The number of amides is 3. The lowest BCUT2D eigenvalue weighted by Crippen LogP contribution is -2.42. The van der Waals surface area contributed by atoms with E-state index < -0.39 is 11.9 Å². The molecule has 1 aromatic heterocycles. The standard InChI is InChI=1S/C24H24N4O2S/c1-16(2)12-21-26-17(3)23(31-21)28(15-19-9-7-8-18(13-19)14-25)24(30)27-22(29)20-10-5-4-6-11-20/h4-11,13,16H,12,15H2,1-3H3,(H,27,29,30). The van der Waals surface area contributed by atoms with Crippen LogP contribution in [0.3, 0.4) is 0 Å². The van der Waals surface area contributed by atoms with Gasteiger partial charge in [0, 0.05) is 12.0 Å². The van der Waals surface area contributed by atoms with Crippen LogP contribution in [-0.2, 0) is 13.0 Å². The number of anilines is 1. The highest BCUT2D eigenvalue weighted by Gasteiger charge is 2.24. The molecule has 31 heavy (non-hydrogen) atoms. The molecule has 0 fully saturated rings. The fourth-order valence-electron chi connectivity index (χ4n) is 3.11. The second-order valence-corrected chi connectivity index (χ2v) is 8.68. The summed E-state index contributed by atoms with van der Waals surface area (Å²) >= 11 is 1.45. The number of nitriles is 1. The van der Waals surface area contributed by atoms with Gasteiger partial charge in [-0.05, 0) is 42.7 Å². The lowest BCUT2D eigenvalue weighted by molar-refractivity contribution is 0.0965. The number of hydrogen-bond donors (Lipinski definition) is 1. The molecule has 158 valence electrons. The number of imide groups is 1. The van der Waals surface area contributed by atoms with E-state index in [0.717, 1.165) is 22.7 Å². The molecule has 0 saturated heterocycles. The maximum atomic E-state index is 13.2. The van der Waals surface area contributed by atoms with E-state index in [9.17, 15) is 14.9 Å². The van der Waals surface area contributed by atoms with Gasteiger partial charge in [0.25, 0.3) is 5.91 Å². The molecule has 1 heterocycles. The lowest BCUT2D eigenvalue weighted by atomic mass is 10.1. The summed E-state index contributed by atoms with van der Waals surface area (Å²) in [6.07, 6.45) is 0.813. The summed E-state index contributed by atoms with van der Waals surface area (Å²) in [6.45, 7) is 6.31. The highest BCUT2D eigenvalue weighted by molar-refractivity contribution is 7.16. The van der Waals surface area contributed by atoms with Crippen molar-refractivity contribution < 1.29 is 9.59 Å². The number of nitrogens with zero attached hydrogens (tertiary/aromatic N) is 3. The SMILES string of the molecule is Cc1nc(CC(C)C)sc1N(Cc1cccc(C#N)c1)C(=O)NC(=O)c1ccccc1. The van der Waals surface area contributed by atoms with Gasteiger partial charge in [0.05, 0.1) is 28.9 Å². The van der Waals surface area contributed by atoms with Gasteiger partial charge in [-0.15, -0.1) is 11.3 Å². The van der Waals surface area contributed by atoms with Gasteiger partial charge in [-0.1, -0.05) is 44.2 Å². The Labute approximate surface area is 186 Å². The molecule has 0 saturated carbocycles. The van der Waals surface area contributed by atoms with Crippen molar-refractivity contribution in [3.63, 3.8) is 0 Å². The Kier molecular flexibility index (Phi) is 7.16. The topological polar surface area (TPSA) is 86.1 Å². The monoisotopic (exact) mass is 432 g/mol. The molecular weight excluding hydrogens is 408 g/mol. The van der Waals surface area contributed by atoms with E-state index >= 15 is 0 Å². The van der Waals surface area contributed by atoms with Gasteiger partial charge in [-0.2, -0.15) is 5.26 Å². The van der Waals surface area contributed by atoms with Crippen molar-refractivity contribution in [3.8, 4) is 6.07 Å². The van der Waals surface area contributed by atoms with Crippen LogP contribution < -0.4 is 10.2 Å². The van der Waals surface area contributed by atoms with Gasteiger partial charge in [0.2, 0.25) is 0 Å². The van der Waals surface area contributed by atoms with E-state index in [1.54, 1.807) is 42.5 Å². The van der Waals surface area contributed by atoms with E-state index in [4.69, 9.17) is 0 Å². The maximum Gasteiger partial charge on any atom is 0.329 e. The number of carbonyl (C=O) groups excluding carboxylic acids is 2. The Morgan fingerprint density at radius 2 is 1.90 bits per heavy atom. The third kappa shape index (κ3) is 5.77. The second kappa shape index (κ2) is 10.0. The molecule has 1 N–H and O–H groups in total. The second-order valence-electron chi connectivity index (χ2n) is 7.62. The van der Waals surface area contributed by atoms with Crippen LogP contribution in [-0.4, -0.2) is 16.9 Å². The third-order valence-electron chi connectivity index (χ3n) is 4.54. The first kappa shape index (κ1) is 22.2. The van der Waals surface area contributed by atoms with Crippen molar-refractivity contribution in [2.45, 2.75) is 33.7 Å². The van der Waals surface area contributed by atoms with Crippen molar-refractivity contribution in [2.75, 3.05) is 4.90 Å². The molecular formula is C24H24N4O2S. The van der Waals surface area contributed by atoms with Gasteiger partial charge in [-0.25, -0.2) is 9.78 Å². The van der Waals surface area contributed by atoms with Gasteiger partial charge in [0.15, 0.2) is 0 Å². The number of thiazole rings is 1. The van der Waals surface area contributed by atoms with E-state index in [1.807, 2.05) is 19.1 Å². The summed E-state index contributed by atoms with van der Waals surface area (Å²) in [5.41, 5.74) is 2.45. The summed E-state index contributed by atoms with van der Waals surface area (Å²) in [5, 5.41) is 13.3. The number of hydrogen-bond acceptors (Lipinski definition) is 5. The molecule has 0 aliphatic rings. The number of rotatable bonds is 6. The van der Waals surface area contributed by atoms with Gasteiger partial charge in [0.1, 0.15) is 5.00 Å². The Bertz CT molecular complexity index is 1120. The van der Waals surface area contributed by atoms with Crippen molar-refractivity contribution in [1.29, 1.82) is 5.26 Å². The average Bonchev–Trinajstić information content (AvgIpc) is 3.11. The van der Waals surface area contributed by atoms with Crippen LogP contribution in [0.1, 0.15) is 46.0 Å². The van der Waals surface area contributed by atoms with Gasteiger partial charge >= 0.3 is 6.03 Å². The van der Waals surface area contributed by atoms with E-state index in [1.165, 1.54) is 16.2 Å². The molecule has 0 unspecified atom stereocenters. The predicted octanol–water partition coefficient (Wildman–Crippen LogP) is 5.08. The van der Waals surface area contributed by atoms with Crippen LogP contribution in [0.25, 0.3) is 0 Å².